The average molecular weight is 529 g/mol. The molecule has 0 bridgehead atoms. The van der Waals surface area contributed by atoms with Crippen molar-refractivity contribution >= 4 is 30.0 Å². The third-order valence-electron chi connectivity index (χ3n) is 5.16. The van der Waals surface area contributed by atoms with Crippen molar-refractivity contribution in [3.05, 3.63) is 53.1 Å². The number of carbonyl (C=O) groups excluding carboxylic acids is 4. The summed E-state index contributed by atoms with van der Waals surface area (Å²) < 4.78 is 31.9. The summed E-state index contributed by atoms with van der Waals surface area (Å²) in [4.78, 5) is 46.2. The van der Waals surface area contributed by atoms with Gasteiger partial charge < -0.3 is 28.4 Å². The minimum atomic E-state index is -0.554. The summed E-state index contributed by atoms with van der Waals surface area (Å²) in [6.45, 7) is 5.23. The predicted octanol–water partition coefficient (Wildman–Crippen LogP) is 4.02. The number of esters is 4. The fourth-order valence-electron chi connectivity index (χ4n) is 3.64. The van der Waals surface area contributed by atoms with Gasteiger partial charge in [-0.1, -0.05) is 12.1 Å². The second kappa shape index (κ2) is 14.4. The lowest BCUT2D eigenvalue weighted by atomic mass is 9.90. The highest BCUT2D eigenvalue weighted by Crippen LogP contribution is 2.40. The molecule has 0 amide bonds. The minimum absolute atomic E-state index is 0.0264. The maximum absolute atomic E-state index is 12.0. The highest BCUT2D eigenvalue weighted by atomic mass is 16.6. The minimum Gasteiger partial charge on any atom is -0.493 e. The zero-order chi connectivity index (χ0) is 28.2. The summed E-state index contributed by atoms with van der Waals surface area (Å²) in [7, 11) is 2.90. The van der Waals surface area contributed by atoms with E-state index in [9.17, 15) is 19.2 Å². The van der Waals surface area contributed by atoms with Gasteiger partial charge in [0, 0.05) is 39.2 Å². The molecule has 0 aliphatic carbocycles. The first-order valence-electron chi connectivity index (χ1n) is 11.7. The highest BCUT2D eigenvalue weighted by molar-refractivity contribution is 5.73. The van der Waals surface area contributed by atoms with Crippen LogP contribution in [-0.2, 0) is 35.1 Å². The van der Waals surface area contributed by atoms with Crippen LogP contribution in [0.3, 0.4) is 0 Å². The van der Waals surface area contributed by atoms with Crippen molar-refractivity contribution in [3.8, 4) is 23.0 Å². The van der Waals surface area contributed by atoms with E-state index in [0.29, 0.717) is 29.0 Å². The molecule has 10 heteroatoms. The number of benzene rings is 2. The van der Waals surface area contributed by atoms with E-state index in [4.69, 9.17) is 28.4 Å². The third-order valence-corrected chi connectivity index (χ3v) is 5.16. The fraction of sp³-hybridized carbons (Fsp3) is 0.357. The van der Waals surface area contributed by atoms with Gasteiger partial charge in [0.1, 0.15) is 6.61 Å². The van der Waals surface area contributed by atoms with Gasteiger partial charge in [-0.15, -0.1) is 0 Å². The van der Waals surface area contributed by atoms with Crippen LogP contribution in [0.5, 0.6) is 23.0 Å². The summed E-state index contributed by atoms with van der Waals surface area (Å²) in [5.41, 5.74) is 2.00. The Morgan fingerprint density at radius 1 is 0.763 bits per heavy atom. The van der Waals surface area contributed by atoms with Gasteiger partial charge in [-0.2, -0.15) is 0 Å². The summed E-state index contributed by atoms with van der Waals surface area (Å²) in [5.74, 6) is -1.30. The van der Waals surface area contributed by atoms with Crippen molar-refractivity contribution in [2.24, 2.45) is 0 Å². The van der Waals surface area contributed by atoms with E-state index >= 15 is 0 Å². The van der Waals surface area contributed by atoms with Crippen LogP contribution in [0.15, 0.2) is 36.4 Å². The number of hydrogen-bond donors (Lipinski definition) is 0. The van der Waals surface area contributed by atoms with Crippen molar-refractivity contribution in [1.82, 2.24) is 0 Å². The Bertz CT molecular complexity index is 1200. The molecule has 0 saturated carbocycles. The molecule has 0 aliphatic heterocycles. The largest absolute Gasteiger partial charge is 0.493 e. The van der Waals surface area contributed by atoms with Gasteiger partial charge in [0.25, 0.3) is 0 Å². The molecule has 10 nitrogen and oxygen atoms in total. The molecule has 0 N–H and O–H groups in total. The van der Waals surface area contributed by atoms with Crippen LogP contribution in [0, 0.1) is 0 Å². The number of methoxy groups -OCH3 is 2. The van der Waals surface area contributed by atoms with Crippen molar-refractivity contribution in [1.29, 1.82) is 0 Å². The molecule has 2 rings (SSSR count). The summed E-state index contributed by atoms with van der Waals surface area (Å²) in [5, 5.41) is 0. The zero-order valence-corrected chi connectivity index (χ0v) is 22.3. The molecule has 1 unspecified atom stereocenters. The summed E-state index contributed by atoms with van der Waals surface area (Å²) in [6.07, 6.45) is 3.72. The zero-order valence-electron chi connectivity index (χ0n) is 22.3. The molecular formula is C28H32O10. The van der Waals surface area contributed by atoms with Gasteiger partial charge in [0.15, 0.2) is 23.0 Å². The van der Waals surface area contributed by atoms with Crippen molar-refractivity contribution < 1.29 is 47.6 Å². The van der Waals surface area contributed by atoms with E-state index < -0.39 is 29.8 Å². The van der Waals surface area contributed by atoms with Crippen molar-refractivity contribution in [2.75, 3.05) is 27.4 Å². The molecule has 38 heavy (non-hydrogen) atoms. The first-order valence-corrected chi connectivity index (χ1v) is 11.7. The Hall–Kier alpha value is -4.34. The van der Waals surface area contributed by atoms with E-state index in [1.54, 1.807) is 42.5 Å². The molecular weight excluding hydrogens is 496 g/mol. The lowest BCUT2D eigenvalue weighted by Gasteiger charge is -2.22. The van der Waals surface area contributed by atoms with Crippen LogP contribution in [0.1, 0.15) is 50.3 Å². The predicted molar refractivity (Wildman–Crippen MR) is 137 cm³/mol. The first kappa shape index (κ1) is 29.9. The second-order valence-corrected chi connectivity index (χ2v) is 8.22. The van der Waals surface area contributed by atoms with E-state index in [2.05, 4.69) is 0 Å². The summed E-state index contributed by atoms with van der Waals surface area (Å²) >= 11 is 0. The Balaban J connectivity index is 2.58. The normalized spacial score (nSPS) is 11.4. The van der Waals surface area contributed by atoms with Gasteiger partial charge in [0.2, 0.25) is 0 Å². The fourth-order valence-corrected chi connectivity index (χ4v) is 3.64. The molecule has 2 aromatic carbocycles. The number of rotatable bonds is 12. The first-order chi connectivity index (χ1) is 18.0. The third kappa shape index (κ3) is 9.27. The van der Waals surface area contributed by atoms with Gasteiger partial charge in [-0.25, -0.2) is 0 Å². The highest BCUT2D eigenvalue weighted by Gasteiger charge is 2.24. The maximum Gasteiger partial charge on any atom is 0.308 e. The Kier molecular flexibility index (Phi) is 11.3. The van der Waals surface area contributed by atoms with Crippen LogP contribution < -0.4 is 18.9 Å². The molecule has 2 aromatic rings. The van der Waals surface area contributed by atoms with Crippen LogP contribution in [0.2, 0.25) is 0 Å². The van der Waals surface area contributed by atoms with Crippen LogP contribution >= 0.6 is 0 Å². The second-order valence-electron chi connectivity index (χ2n) is 8.22. The SMILES string of the molecule is COc1cc(CC(COC(C)=O)c2cc(C=CCOC(C)=O)cc(OC)c2OC(C)=O)ccc1OC(C)=O. The smallest absolute Gasteiger partial charge is 0.308 e. The lowest BCUT2D eigenvalue weighted by Crippen LogP contribution is -2.16. The van der Waals surface area contributed by atoms with E-state index in [0.717, 1.165) is 5.56 Å². The van der Waals surface area contributed by atoms with Gasteiger partial charge >= 0.3 is 23.9 Å². The molecule has 0 radical (unpaired) electrons. The molecule has 0 spiro atoms. The maximum atomic E-state index is 12.0. The lowest BCUT2D eigenvalue weighted by molar-refractivity contribution is -0.142. The van der Waals surface area contributed by atoms with E-state index in [1.807, 2.05) is 0 Å². The van der Waals surface area contributed by atoms with Gasteiger partial charge in [0.05, 0.1) is 20.8 Å². The van der Waals surface area contributed by atoms with Gasteiger partial charge in [-0.3, -0.25) is 19.2 Å². The van der Waals surface area contributed by atoms with E-state index in [-0.39, 0.29) is 24.7 Å². The Labute approximate surface area is 221 Å². The van der Waals surface area contributed by atoms with Crippen molar-refractivity contribution in [2.45, 2.75) is 40.0 Å². The van der Waals surface area contributed by atoms with Crippen molar-refractivity contribution in [3.63, 3.8) is 0 Å². The number of hydrogen-bond acceptors (Lipinski definition) is 10. The summed E-state index contributed by atoms with van der Waals surface area (Å²) in [6, 6.07) is 8.54. The van der Waals surface area contributed by atoms with E-state index in [1.165, 1.54) is 41.9 Å². The molecule has 1 atom stereocenters. The quantitative estimate of drug-likeness (QED) is 0.295. The van der Waals surface area contributed by atoms with Crippen LogP contribution in [-0.4, -0.2) is 51.3 Å². The molecule has 0 saturated heterocycles. The molecule has 0 aliphatic rings. The molecule has 0 fully saturated rings. The molecule has 0 heterocycles. The standard InChI is InChI=1S/C28H32O10/c1-17(29)35-11-7-8-21-13-24(28(38-20(4)32)27(15-21)34-6)23(16-36-18(2)30)12-22-9-10-25(37-19(3)31)26(14-22)33-5/h7-10,13-15,23H,11-12,16H2,1-6H3. The number of ether oxygens (including phenoxy) is 6. The van der Waals surface area contributed by atoms with Gasteiger partial charge in [-0.05, 0) is 47.9 Å². The number of carbonyl (C=O) groups is 4. The van der Waals surface area contributed by atoms with Crippen LogP contribution in [0.4, 0.5) is 0 Å². The Morgan fingerprint density at radius 3 is 2.00 bits per heavy atom. The average Bonchev–Trinajstić information content (AvgIpc) is 2.84. The topological polar surface area (TPSA) is 124 Å². The Morgan fingerprint density at radius 2 is 1.42 bits per heavy atom. The monoisotopic (exact) mass is 528 g/mol. The molecule has 204 valence electrons. The van der Waals surface area contributed by atoms with Crippen LogP contribution in [0.25, 0.3) is 6.08 Å². The molecule has 0 aromatic heterocycles.